The predicted octanol–water partition coefficient (Wildman–Crippen LogP) is 4.86. The van der Waals surface area contributed by atoms with Gasteiger partial charge in [-0.1, -0.05) is 35.9 Å². The van der Waals surface area contributed by atoms with Crippen molar-refractivity contribution in [2.24, 2.45) is 0 Å². The zero-order valence-electron chi connectivity index (χ0n) is 14.9. The lowest BCUT2D eigenvalue weighted by Crippen LogP contribution is -2.25. The van der Waals surface area contributed by atoms with Gasteiger partial charge in [0.2, 0.25) is 0 Å². The fourth-order valence-corrected chi connectivity index (χ4v) is 3.88. The van der Waals surface area contributed by atoms with E-state index in [9.17, 15) is 0 Å². The van der Waals surface area contributed by atoms with Crippen molar-refractivity contribution in [1.82, 2.24) is 19.7 Å². The van der Waals surface area contributed by atoms with Crippen LogP contribution in [0.25, 0.3) is 16.7 Å². The second kappa shape index (κ2) is 6.35. The number of aryl methyl sites for hydroxylation is 2. The summed E-state index contributed by atoms with van der Waals surface area (Å²) in [6, 6.07) is 14.4. The molecule has 4 aromatic rings. The van der Waals surface area contributed by atoms with Gasteiger partial charge in [0.25, 0.3) is 0 Å². The second-order valence-electron chi connectivity index (χ2n) is 6.81. The molecule has 134 valence electrons. The number of halogens is 1. The smallest absolute Gasteiger partial charge is 0.168 e. The summed E-state index contributed by atoms with van der Waals surface area (Å²) >= 11 is 6.31. The SMILES string of the molecule is Cc1ccc(-n2ncc3c(N4CCCc5ccccc54)ncnc32)cc1Cl. The normalized spacial score (nSPS) is 13.8. The van der Waals surface area contributed by atoms with Crippen molar-refractivity contribution >= 4 is 34.1 Å². The van der Waals surface area contributed by atoms with E-state index in [4.69, 9.17) is 11.6 Å². The quantitative estimate of drug-likeness (QED) is 0.502. The van der Waals surface area contributed by atoms with E-state index in [1.807, 2.05) is 36.0 Å². The minimum atomic E-state index is 0.718. The van der Waals surface area contributed by atoms with Crippen LogP contribution in [0.15, 0.2) is 55.0 Å². The summed E-state index contributed by atoms with van der Waals surface area (Å²) < 4.78 is 1.82. The molecule has 0 amide bonds. The van der Waals surface area contributed by atoms with Gasteiger partial charge in [0.15, 0.2) is 5.65 Å². The molecule has 27 heavy (non-hydrogen) atoms. The molecule has 1 aliphatic rings. The Morgan fingerprint density at radius 2 is 1.96 bits per heavy atom. The molecule has 2 aromatic carbocycles. The molecule has 0 aliphatic carbocycles. The molecule has 0 fully saturated rings. The molecule has 0 unspecified atom stereocenters. The molecule has 1 aliphatic heterocycles. The third kappa shape index (κ3) is 2.66. The van der Waals surface area contributed by atoms with Crippen LogP contribution in [0.1, 0.15) is 17.5 Å². The van der Waals surface area contributed by atoms with Gasteiger partial charge < -0.3 is 4.90 Å². The number of hydrogen-bond acceptors (Lipinski definition) is 4. The Balaban J connectivity index is 1.66. The van der Waals surface area contributed by atoms with E-state index in [0.29, 0.717) is 0 Å². The minimum Gasteiger partial charge on any atom is -0.325 e. The van der Waals surface area contributed by atoms with Gasteiger partial charge in [-0.15, -0.1) is 0 Å². The lowest BCUT2D eigenvalue weighted by Gasteiger charge is -2.30. The van der Waals surface area contributed by atoms with Crippen molar-refractivity contribution in [2.75, 3.05) is 11.4 Å². The molecule has 5 nitrogen and oxygen atoms in total. The van der Waals surface area contributed by atoms with E-state index in [2.05, 4.69) is 44.2 Å². The molecule has 3 heterocycles. The molecule has 0 saturated heterocycles. The van der Waals surface area contributed by atoms with Crippen LogP contribution >= 0.6 is 11.6 Å². The number of hydrogen-bond donors (Lipinski definition) is 0. The standard InChI is InChI=1S/C21H18ClN5/c1-14-8-9-16(11-18(14)22)27-21-17(12-25-27)20(23-13-24-21)26-10-4-6-15-5-2-3-7-19(15)26/h2-3,5,7-9,11-13H,4,6,10H2,1H3. The van der Waals surface area contributed by atoms with Gasteiger partial charge in [0, 0.05) is 17.3 Å². The van der Waals surface area contributed by atoms with Crippen LogP contribution in [0.4, 0.5) is 11.5 Å². The zero-order chi connectivity index (χ0) is 18.4. The van der Waals surface area contributed by atoms with Crippen LogP contribution in [0.5, 0.6) is 0 Å². The minimum absolute atomic E-state index is 0.718. The first-order chi connectivity index (χ1) is 13.2. The van der Waals surface area contributed by atoms with Crippen molar-refractivity contribution in [1.29, 1.82) is 0 Å². The highest BCUT2D eigenvalue weighted by molar-refractivity contribution is 6.31. The average molecular weight is 376 g/mol. The lowest BCUT2D eigenvalue weighted by molar-refractivity contribution is 0.761. The summed E-state index contributed by atoms with van der Waals surface area (Å²) in [5.74, 6) is 0.900. The van der Waals surface area contributed by atoms with Gasteiger partial charge in [0.1, 0.15) is 12.1 Å². The number of aromatic nitrogens is 4. The van der Waals surface area contributed by atoms with Crippen molar-refractivity contribution in [3.05, 3.63) is 71.1 Å². The molecule has 0 radical (unpaired) electrons. The first-order valence-electron chi connectivity index (χ1n) is 9.03. The van der Waals surface area contributed by atoms with Crippen molar-refractivity contribution in [3.8, 4) is 5.69 Å². The fraction of sp³-hybridized carbons (Fsp3) is 0.190. The molecule has 2 aromatic heterocycles. The molecule has 5 rings (SSSR count). The maximum absolute atomic E-state index is 6.31. The summed E-state index contributed by atoms with van der Waals surface area (Å²) in [5, 5.41) is 6.23. The van der Waals surface area contributed by atoms with Crippen molar-refractivity contribution < 1.29 is 0 Å². The number of benzene rings is 2. The van der Waals surface area contributed by atoms with E-state index >= 15 is 0 Å². The van der Waals surface area contributed by atoms with Gasteiger partial charge >= 0.3 is 0 Å². The van der Waals surface area contributed by atoms with Crippen LogP contribution in [0.3, 0.4) is 0 Å². The third-order valence-corrected chi connectivity index (χ3v) is 5.52. The van der Waals surface area contributed by atoms with E-state index in [-0.39, 0.29) is 0 Å². The van der Waals surface area contributed by atoms with Gasteiger partial charge in [-0.2, -0.15) is 5.10 Å². The first-order valence-corrected chi connectivity index (χ1v) is 9.41. The number of para-hydroxylation sites is 1. The summed E-state index contributed by atoms with van der Waals surface area (Å²) in [6.07, 6.45) is 5.66. The number of rotatable bonds is 2. The largest absolute Gasteiger partial charge is 0.325 e. The average Bonchev–Trinajstić information content (AvgIpc) is 3.14. The predicted molar refractivity (Wildman–Crippen MR) is 108 cm³/mol. The highest BCUT2D eigenvalue weighted by Gasteiger charge is 2.22. The van der Waals surface area contributed by atoms with Gasteiger partial charge in [-0.3, -0.25) is 0 Å². The molecule has 0 spiro atoms. The molecular weight excluding hydrogens is 358 g/mol. The molecule has 0 N–H and O–H groups in total. The molecule has 0 atom stereocenters. The Bertz CT molecular complexity index is 1150. The Kier molecular flexibility index (Phi) is 3.83. The van der Waals surface area contributed by atoms with E-state index in [0.717, 1.165) is 52.5 Å². The zero-order valence-corrected chi connectivity index (χ0v) is 15.7. The number of anilines is 2. The highest BCUT2D eigenvalue weighted by atomic mass is 35.5. The first kappa shape index (κ1) is 16.3. The van der Waals surface area contributed by atoms with Gasteiger partial charge in [-0.25, -0.2) is 14.6 Å². The maximum atomic E-state index is 6.31. The van der Waals surface area contributed by atoms with Crippen LogP contribution in [-0.4, -0.2) is 26.3 Å². The third-order valence-electron chi connectivity index (χ3n) is 5.11. The topological polar surface area (TPSA) is 46.8 Å². The fourth-order valence-electron chi connectivity index (χ4n) is 3.70. The van der Waals surface area contributed by atoms with Crippen LogP contribution in [-0.2, 0) is 6.42 Å². The molecule has 0 bridgehead atoms. The Morgan fingerprint density at radius 1 is 1.07 bits per heavy atom. The van der Waals surface area contributed by atoms with E-state index < -0.39 is 0 Å². The highest BCUT2D eigenvalue weighted by Crippen LogP contribution is 2.35. The van der Waals surface area contributed by atoms with Gasteiger partial charge in [0.05, 0.1) is 17.3 Å². The maximum Gasteiger partial charge on any atom is 0.168 e. The van der Waals surface area contributed by atoms with Crippen LogP contribution in [0, 0.1) is 6.92 Å². The summed E-state index contributed by atoms with van der Waals surface area (Å²) in [5.41, 5.74) is 5.28. The van der Waals surface area contributed by atoms with Crippen LogP contribution in [0.2, 0.25) is 5.02 Å². The molecular formula is C21H18ClN5. The lowest BCUT2D eigenvalue weighted by atomic mass is 10.0. The van der Waals surface area contributed by atoms with Crippen molar-refractivity contribution in [3.63, 3.8) is 0 Å². The van der Waals surface area contributed by atoms with Crippen molar-refractivity contribution in [2.45, 2.75) is 19.8 Å². The van der Waals surface area contributed by atoms with Crippen LogP contribution < -0.4 is 4.90 Å². The number of fused-ring (bicyclic) bond motifs is 2. The monoisotopic (exact) mass is 375 g/mol. The van der Waals surface area contributed by atoms with E-state index in [1.54, 1.807) is 6.33 Å². The van der Waals surface area contributed by atoms with Gasteiger partial charge in [-0.05, 0) is 49.1 Å². The molecule has 0 saturated carbocycles. The summed E-state index contributed by atoms with van der Waals surface area (Å²) in [4.78, 5) is 11.4. The Morgan fingerprint density at radius 3 is 2.85 bits per heavy atom. The molecule has 6 heteroatoms. The van der Waals surface area contributed by atoms with E-state index in [1.165, 1.54) is 11.3 Å². The second-order valence-corrected chi connectivity index (χ2v) is 7.22. The summed E-state index contributed by atoms with van der Waals surface area (Å²) in [7, 11) is 0. The Hall–Kier alpha value is -2.92. The Labute approximate surface area is 162 Å². The number of nitrogens with zero attached hydrogens (tertiary/aromatic N) is 5. The summed E-state index contributed by atoms with van der Waals surface area (Å²) in [6.45, 7) is 2.92.